The maximum Gasteiger partial charge on any atom is 0.435 e. The first-order valence-electron chi connectivity index (χ1n) is 8.36. The van der Waals surface area contributed by atoms with Crippen molar-refractivity contribution in [3.8, 4) is 0 Å². The standard InChI is InChI=1S/C19H14F9NO/c1-3-10-7-12(17(22,18(23,24)25)19(26,27)28)6-9(2)15(10)29-16(30)11-4-5-13(20)14(21)8-11/h4-8H,3H2,1-2H3,(H,29,30). The quantitative estimate of drug-likeness (QED) is 0.546. The summed E-state index contributed by atoms with van der Waals surface area (Å²) < 4.78 is 119. The van der Waals surface area contributed by atoms with Crippen LogP contribution in [0.25, 0.3) is 0 Å². The van der Waals surface area contributed by atoms with E-state index in [1.807, 2.05) is 0 Å². The number of rotatable bonds is 4. The summed E-state index contributed by atoms with van der Waals surface area (Å²) in [5.74, 6) is -3.54. The largest absolute Gasteiger partial charge is 0.435 e. The van der Waals surface area contributed by atoms with Crippen molar-refractivity contribution in [3.05, 3.63) is 64.2 Å². The zero-order valence-corrected chi connectivity index (χ0v) is 15.4. The Morgan fingerprint density at radius 2 is 1.47 bits per heavy atom. The van der Waals surface area contributed by atoms with Crippen LogP contribution in [0.15, 0.2) is 30.3 Å². The first-order chi connectivity index (χ1) is 13.6. The molecule has 0 radical (unpaired) electrons. The fourth-order valence-electron chi connectivity index (χ4n) is 2.83. The minimum atomic E-state index is -6.28. The molecule has 1 N–H and O–H groups in total. The van der Waals surface area contributed by atoms with Gasteiger partial charge in [0.1, 0.15) is 0 Å². The normalized spacial score (nSPS) is 12.8. The van der Waals surface area contributed by atoms with Crippen molar-refractivity contribution in [2.45, 2.75) is 38.3 Å². The van der Waals surface area contributed by atoms with E-state index in [0.29, 0.717) is 24.3 Å². The third kappa shape index (κ3) is 4.10. The number of amides is 1. The van der Waals surface area contributed by atoms with E-state index in [0.717, 1.165) is 13.0 Å². The van der Waals surface area contributed by atoms with Crippen molar-refractivity contribution in [1.29, 1.82) is 0 Å². The average molecular weight is 443 g/mol. The number of benzene rings is 2. The number of hydrogen-bond acceptors (Lipinski definition) is 1. The summed E-state index contributed by atoms with van der Waals surface area (Å²) in [6.07, 6.45) is -12.7. The van der Waals surface area contributed by atoms with Gasteiger partial charge in [0.25, 0.3) is 5.91 Å². The second kappa shape index (κ2) is 7.84. The van der Waals surface area contributed by atoms with Gasteiger partial charge in [-0.2, -0.15) is 26.3 Å². The smallest absolute Gasteiger partial charge is 0.321 e. The van der Waals surface area contributed by atoms with Crippen molar-refractivity contribution >= 4 is 11.6 Å². The molecule has 11 heteroatoms. The van der Waals surface area contributed by atoms with E-state index >= 15 is 0 Å². The van der Waals surface area contributed by atoms with E-state index in [2.05, 4.69) is 5.32 Å². The molecule has 0 aliphatic rings. The van der Waals surface area contributed by atoms with Gasteiger partial charge in [0, 0.05) is 16.8 Å². The molecule has 0 saturated carbocycles. The summed E-state index contributed by atoms with van der Waals surface area (Å²) in [6, 6.07) is 2.88. The molecule has 1 amide bonds. The minimum absolute atomic E-state index is 0.159. The number of hydrogen-bond donors (Lipinski definition) is 1. The molecule has 0 aliphatic heterocycles. The van der Waals surface area contributed by atoms with Gasteiger partial charge >= 0.3 is 18.0 Å². The SMILES string of the molecule is CCc1cc(C(F)(C(F)(F)F)C(F)(F)F)cc(C)c1NC(=O)c1ccc(F)c(F)c1. The third-order valence-corrected chi connectivity index (χ3v) is 4.40. The van der Waals surface area contributed by atoms with Crippen molar-refractivity contribution < 1.29 is 44.3 Å². The van der Waals surface area contributed by atoms with E-state index in [1.54, 1.807) is 0 Å². The maximum atomic E-state index is 14.4. The van der Waals surface area contributed by atoms with Crippen LogP contribution in [0.5, 0.6) is 0 Å². The van der Waals surface area contributed by atoms with Crippen LogP contribution in [0.1, 0.15) is 34.0 Å². The second-order valence-corrected chi connectivity index (χ2v) is 6.42. The number of aryl methyl sites for hydroxylation is 2. The van der Waals surface area contributed by atoms with Gasteiger partial charge in [-0.3, -0.25) is 4.79 Å². The molecule has 0 atom stereocenters. The molecule has 0 unspecified atom stereocenters. The highest BCUT2D eigenvalue weighted by Crippen LogP contribution is 2.53. The van der Waals surface area contributed by atoms with Gasteiger partial charge < -0.3 is 5.32 Å². The third-order valence-electron chi connectivity index (χ3n) is 4.40. The highest BCUT2D eigenvalue weighted by Gasteiger charge is 2.73. The van der Waals surface area contributed by atoms with Crippen LogP contribution in [0.4, 0.5) is 45.2 Å². The first-order valence-corrected chi connectivity index (χ1v) is 8.36. The Kier molecular flexibility index (Phi) is 6.16. The Balaban J connectivity index is 2.55. The molecule has 0 fully saturated rings. The van der Waals surface area contributed by atoms with Crippen molar-refractivity contribution in [2.24, 2.45) is 0 Å². The lowest BCUT2D eigenvalue weighted by Gasteiger charge is -2.31. The zero-order valence-electron chi connectivity index (χ0n) is 15.4. The van der Waals surface area contributed by atoms with Gasteiger partial charge in [-0.05, 0) is 48.7 Å². The molecular weight excluding hydrogens is 429 g/mol. The van der Waals surface area contributed by atoms with Crippen LogP contribution < -0.4 is 5.32 Å². The van der Waals surface area contributed by atoms with Crippen LogP contribution >= 0.6 is 0 Å². The molecular formula is C19H14F9NO. The number of nitrogens with one attached hydrogen (secondary N) is 1. The van der Waals surface area contributed by atoms with Crippen molar-refractivity contribution in [1.82, 2.24) is 0 Å². The number of anilines is 1. The Hall–Kier alpha value is -2.72. The lowest BCUT2D eigenvalue weighted by molar-refractivity contribution is -0.348. The molecule has 0 spiro atoms. The minimum Gasteiger partial charge on any atom is -0.321 e. The fraction of sp³-hybridized carbons (Fsp3) is 0.316. The lowest BCUT2D eigenvalue weighted by Crippen LogP contribution is -2.50. The van der Waals surface area contributed by atoms with Gasteiger partial charge in [0.2, 0.25) is 0 Å². The fourth-order valence-corrected chi connectivity index (χ4v) is 2.83. The number of carbonyl (C=O) groups is 1. The molecule has 164 valence electrons. The molecule has 2 nitrogen and oxygen atoms in total. The zero-order chi connectivity index (χ0) is 23.1. The topological polar surface area (TPSA) is 29.1 Å². The van der Waals surface area contributed by atoms with Gasteiger partial charge in [-0.25, -0.2) is 13.2 Å². The Bertz CT molecular complexity index is 950. The van der Waals surface area contributed by atoms with Crippen LogP contribution in [-0.4, -0.2) is 18.3 Å². The molecule has 0 bridgehead atoms. The average Bonchev–Trinajstić information content (AvgIpc) is 2.62. The Morgan fingerprint density at radius 1 is 0.900 bits per heavy atom. The summed E-state index contributed by atoms with van der Waals surface area (Å²) in [7, 11) is 0. The Morgan fingerprint density at radius 3 is 1.93 bits per heavy atom. The summed E-state index contributed by atoms with van der Waals surface area (Å²) in [6.45, 7) is 2.45. The predicted molar refractivity (Wildman–Crippen MR) is 89.8 cm³/mol. The molecule has 0 aromatic heterocycles. The molecule has 0 saturated heterocycles. The van der Waals surface area contributed by atoms with E-state index in [1.165, 1.54) is 6.92 Å². The van der Waals surface area contributed by atoms with Gasteiger partial charge in [0.05, 0.1) is 0 Å². The van der Waals surface area contributed by atoms with E-state index in [9.17, 15) is 44.3 Å². The maximum absolute atomic E-state index is 14.4. The van der Waals surface area contributed by atoms with E-state index in [-0.39, 0.29) is 28.8 Å². The summed E-state index contributed by atoms with van der Waals surface area (Å²) in [5.41, 5.74) is -8.29. The number of halogens is 9. The first kappa shape index (κ1) is 23.6. The van der Waals surface area contributed by atoms with Crippen LogP contribution in [0.2, 0.25) is 0 Å². The summed E-state index contributed by atoms with van der Waals surface area (Å²) >= 11 is 0. The predicted octanol–water partition coefficient (Wildman–Crippen LogP) is 6.38. The van der Waals surface area contributed by atoms with E-state index in [4.69, 9.17) is 0 Å². The lowest BCUT2D eigenvalue weighted by atomic mass is 9.89. The number of alkyl halides is 7. The van der Waals surface area contributed by atoms with Gasteiger partial charge in [-0.1, -0.05) is 13.0 Å². The highest BCUT2D eigenvalue weighted by atomic mass is 19.4. The molecule has 30 heavy (non-hydrogen) atoms. The summed E-state index contributed by atoms with van der Waals surface area (Å²) in [4.78, 5) is 12.3. The summed E-state index contributed by atoms with van der Waals surface area (Å²) in [5, 5.41) is 2.24. The molecule has 2 rings (SSSR count). The van der Waals surface area contributed by atoms with Crippen LogP contribution in [0, 0.1) is 18.6 Å². The monoisotopic (exact) mass is 443 g/mol. The van der Waals surface area contributed by atoms with Crippen molar-refractivity contribution in [3.63, 3.8) is 0 Å². The highest BCUT2D eigenvalue weighted by molar-refractivity contribution is 6.05. The van der Waals surface area contributed by atoms with Gasteiger partial charge in [-0.15, -0.1) is 0 Å². The molecule has 0 aliphatic carbocycles. The molecule has 0 heterocycles. The molecule has 2 aromatic carbocycles. The van der Waals surface area contributed by atoms with Crippen molar-refractivity contribution in [2.75, 3.05) is 5.32 Å². The number of carbonyl (C=O) groups excluding carboxylic acids is 1. The Labute approximate surface area is 164 Å². The van der Waals surface area contributed by atoms with Crippen LogP contribution in [-0.2, 0) is 12.1 Å². The molecule has 2 aromatic rings. The van der Waals surface area contributed by atoms with E-state index < -0.39 is 41.1 Å². The van der Waals surface area contributed by atoms with Crippen LogP contribution in [0.3, 0.4) is 0 Å². The second-order valence-electron chi connectivity index (χ2n) is 6.42. The van der Waals surface area contributed by atoms with Gasteiger partial charge in [0.15, 0.2) is 11.6 Å².